The fraction of sp³-hybridized carbons (Fsp3) is 0.400. The molecule has 3 heterocycles. The Hall–Kier alpha value is -3.48. The normalized spacial score (nSPS) is 24.5. The van der Waals surface area contributed by atoms with Crippen LogP contribution in [0.3, 0.4) is 0 Å². The molecule has 3 N–H and O–H groups in total. The maximum absolute atomic E-state index is 14.9. The molecule has 1 saturated heterocycles. The van der Waals surface area contributed by atoms with Crippen LogP contribution in [0.2, 0.25) is 0 Å². The summed E-state index contributed by atoms with van der Waals surface area (Å²) in [6.45, 7) is -3.69. The van der Waals surface area contributed by atoms with Gasteiger partial charge in [0.2, 0.25) is 5.88 Å². The summed E-state index contributed by atoms with van der Waals surface area (Å²) in [6.07, 6.45) is 1.73. The van der Waals surface area contributed by atoms with E-state index < -0.39 is 48.5 Å². The minimum Gasteiger partial charge on any atom is -0.462 e. The number of alkyl halides is 3. The average molecular weight is 469 g/mol. The van der Waals surface area contributed by atoms with E-state index in [2.05, 4.69) is 25.0 Å². The zero-order valence-electron chi connectivity index (χ0n) is 17.0. The zero-order valence-corrected chi connectivity index (χ0v) is 17.0. The molecule has 0 saturated carbocycles. The van der Waals surface area contributed by atoms with Crippen LogP contribution in [0.25, 0.3) is 0 Å². The molecule has 4 rings (SSSR count). The number of carbonyl (C=O) groups excluding carboxylic acids is 1. The summed E-state index contributed by atoms with van der Waals surface area (Å²) in [7, 11) is 0. The zero-order chi connectivity index (χ0) is 23.6. The van der Waals surface area contributed by atoms with Crippen molar-refractivity contribution < 1.29 is 36.6 Å². The van der Waals surface area contributed by atoms with Gasteiger partial charge in [-0.1, -0.05) is 0 Å². The number of carbonyl (C=O) groups is 1. The standard InChI is InChI=1S/C20H19F4N5O4/c21-9-20(12-8-31-4-3-15(12)32-19(25)29-20)11-5-10(1-2-13(11)22)28-17(30)14-6-27-16(7-26-14)33-18(23)24/h1-2,5-7,12,15,18H,3-4,8-9H2,(H2,25,29)(H,28,30)/t12-,15+,20+/m0/s1. The predicted octanol–water partition coefficient (Wildman–Crippen LogP) is 2.38. The summed E-state index contributed by atoms with van der Waals surface area (Å²) in [5, 5.41) is 2.49. The van der Waals surface area contributed by atoms with Crippen LogP contribution >= 0.6 is 0 Å². The van der Waals surface area contributed by atoms with Crippen molar-refractivity contribution in [1.82, 2.24) is 9.97 Å². The molecule has 3 atom stereocenters. The number of hydrogen-bond donors (Lipinski definition) is 2. The third-order valence-electron chi connectivity index (χ3n) is 5.45. The monoisotopic (exact) mass is 469 g/mol. The Morgan fingerprint density at radius 3 is 2.85 bits per heavy atom. The molecule has 0 radical (unpaired) electrons. The van der Waals surface area contributed by atoms with Crippen LogP contribution < -0.4 is 15.8 Å². The van der Waals surface area contributed by atoms with E-state index in [1.54, 1.807) is 0 Å². The molecule has 2 aromatic rings. The first kappa shape index (κ1) is 22.7. The molecular weight excluding hydrogens is 450 g/mol. The Morgan fingerprint density at radius 2 is 2.15 bits per heavy atom. The molecule has 1 amide bonds. The number of hydrogen-bond acceptors (Lipinski definition) is 8. The van der Waals surface area contributed by atoms with Crippen LogP contribution in [-0.2, 0) is 15.0 Å². The predicted molar refractivity (Wildman–Crippen MR) is 106 cm³/mol. The minimum atomic E-state index is -3.09. The number of rotatable bonds is 6. The first-order valence-electron chi connectivity index (χ1n) is 9.86. The van der Waals surface area contributed by atoms with Gasteiger partial charge in [-0.15, -0.1) is 0 Å². The van der Waals surface area contributed by atoms with Gasteiger partial charge in [0.05, 0.1) is 31.5 Å². The van der Waals surface area contributed by atoms with Crippen molar-refractivity contribution in [2.75, 3.05) is 25.2 Å². The summed E-state index contributed by atoms with van der Waals surface area (Å²) in [4.78, 5) is 23.9. The maximum atomic E-state index is 14.9. The topological polar surface area (TPSA) is 121 Å². The Bertz CT molecular complexity index is 1060. The Balaban J connectivity index is 1.62. The first-order chi connectivity index (χ1) is 15.8. The molecule has 0 aliphatic carbocycles. The third kappa shape index (κ3) is 4.53. The van der Waals surface area contributed by atoms with Gasteiger partial charge >= 0.3 is 6.61 Å². The van der Waals surface area contributed by atoms with Crippen molar-refractivity contribution >= 4 is 17.6 Å². The van der Waals surface area contributed by atoms with Gasteiger partial charge < -0.3 is 25.3 Å². The molecule has 176 valence electrons. The van der Waals surface area contributed by atoms with Gasteiger partial charge in [-0.3, -0.25) is 4.79 Å². The number of fused-ring (bicyclic) bond motifs is 1. The lowest BCUT2D eigenvalue weighted by Gasteiger charge is -2.45. The molecule has 1 aromatic carbocycles. The molecule has 0 bridgehead atoms. The molecule has 33 heavy (non-hydrogen) atoms. The number of nitrogens with zero attached hydrogens (tertiary/aromatic N) is 3. The number of amides is 1. The summed E-state index contributed by atoms with van der Waals surface area (Å²) in [5.41, 5.74) is 3.85. The third-order valence-corrected chi connectivity index (χ3v) is 5.45. The number of aromatic nitrogens is 2. The molecule has 1 fully saturated rings. The fourth-order valence-electron chi connectivity index (χ4n) is 3.94. The van der Waals surface area contributed by atoms with E-state index in [1.807, 2.05) is 0 Å². The number of benzene rings is 1. The van der Waals surface area contributed by atoms with E-state index >= 15 is 0 Å². The van der Waals surface area contributed by atoms with Gasteiger partial charge in [0.1, 0.15) is 29.8 Å². The number of anilines is 1. The molecule has 2 aliphatic heterocycles. The van der Waals surface area contributed by atoms with Crippen molar-refractivity contribution in [3.05, 3.63) is 47.7 Å². The van der Waals surface area contributed by atoms with E-state index in [1.165, 1.54) is 12.1 Å². The van der Waals surface area contributed by atoms with E-state index in [0.717, 1.165) is 18.5 Å². The molecule has 13 heteroatoms. The number of halogens is 4. The highest BCUT2D eigenvalue weighted by molar-refractivity contribution is 6.02. The van der Waals surface area contributed by atoms with Crippen molar-refractivity contribution in [3.8, 4) is 5.88 Å². The maximum Gasteiger partial charge on any atom is 0.388 e. The van der Waals surface area contributed by atoms with Crippen molar-refractivity contribution in [2.24, 2.45) is 16.6 Å². The average Bonchev–Trinajstić information content (AvgIpc) is 2.79. The lowest BCUT2D eigenvalue weighted by Crippen LogP contribution is -2.54. The van der Waals surface area contributed by atoms with Crippen molar-refractivity contribution in [3.63, 3.8) is 0 Å². The molecule has 0 unspecified atom stereocenters. The van der Waals surface area contributed by atoms with Gasteiger partial charge in [-0.05, 0) is 18.2 Å². The Labute approximate surface area is 185 Å². The number of amidine groups is 1. The van der Waals surface area contributed by atoms with Gasteiger partial charge in [0, 0.05) is 17.7 Å². The summed E-state index contributed by atoms with van der Waals surface area (Å²) in [6, 6.07) is 3.33. The van der Waals surface area contributed by atoms with E-state index in [-0.39, 0.29) is 29.6 Å². The molecule has 9 nitrogen and oxygen atoms in total. The summed E-state index contributed by atoms with van der Waals surface area (Å²) in [5.74, 6) is -2.61. The second kappa shape index (κ2) is 9.17. The Kier molecular flexibility index (Phi) is 6.31. The largest absolute Gasteiger partial charge is 0.462 e. The summed E-state index contributed by atoms with van der Waals surface area (Å²) >= 11 is 0. The number of nitrogens with one attached hydrogen (secondary N) is 1. The van der Waals surface area contributed by atoms with Gasteiger partial charge in [-0.2, -0.15) is 8.78 Å². The highest BCUT2D eigenvalue weighted by Crippen LogP contribution is 2.44. The van der Waals surface area contributed by atoms with E-state index in [4.69, 9.17) is 15.2 Å². The van der Waals surface area contributed by atoms with Crippen LogP contribution in [0, 0.1) is 11.7 Å². The smallest absolute Gasteiger partial charge is 0.388 e. The van der Waals surface area contributed by atoms with E-state index in [0.29, 0.717) is 13.0 Å². The van der Waals surface area contributed by atoms with Crippen LogP contribution in [-0.4, -0.2) is 54.5 Å². The summed E-state index contributed by atoms with van der Waals surface area (Å²) < 4.78 is 68.9. The molecular formula is C20H19F4N5O4. The first-order valence-corrected chi connectivity index (χ1v) is 9.86. The number of nitrogens with two attached hydrogens (primary N) is 1. The van der Waals surface area contributed by atoms with Crippen LogP contribution in [0.15, 0.2) is 35.6 Å². The second-order valence-electron chi connectivity index (χ2n) is 7.40. The lowest BCUT2D eigenvalue weighted by molar-refractivity contribution is -0.0785. The van der Waals surface area contributed by atoms with Crippen LogP contribution in [0.4, 0.5) is 23.2 Å². The quantitative estimate of drug-likeness (QED) is 0.623. The van der Waals surface area contributed by atoms with Gasteiger partial charge in [0.15, 0.2) is 0 Å². The van der Waals surface area contributed by atoms with E-state index in [9.17, 15) is 22.4 Å². The van der Waals surface area contributed by atoms with Gasteiger partial charge in [-0.25, -0.2) is 23.7 Å². The van der Waals surface area contributed by atoms with Crippen molar-refractivity contribution in [1.29, 1.82) is 0 Å². The lowest BCUT2D eigenvalue weighted by atomic mass is 9.74. The highest BCUT2D eigenvalue weighted by Gasteiger charge is 2.52. The molecule has 2 aliphatic rings. The van der Waals surface area contributed by atoms with Gasteiger partial charge in [0.25, 0.3) is 11.9 Å². The second-order valence-corrected chi connectivity index (χ2v) is 7.40. The van der Waals surface area contributed by atoms with Crippen LogP contribution in [0.1, 0.15) is 22.5 Å². The molecule has 1 aromatic heterocycles. The van der Waals surface area contributed by atoms with Crippen LogP contribution in [0.5, 0.6) is 5.88 Å². The Morgan fingerprint density at radius 1 is 1.33 bits per heavy atom. The SMILES string of the molecule is NC1=N[C@](CF)(c2cc(NC(=O)c3cnc(OC(F)F)cn3)ccc2F)[C@H]2COCC[C@H]2O1. The molecule has 0 spiro atoms. The minimum absolute atomic E-state index is 0.0873. The number of ether oxygens (including phenoxy) is 3. The fourth-order valence-corrected chi connectivity index (χ4v) is 3.94. The van der Waals surface area contributed by atoms with Crippen molar-refractivity contribution in [2.45, 2.75) is 24.7 Å². The number of aliphatic imine (C=N–C) groups is 1. The highest BCUT2D eigenvalue weighted by atomic mass is 19.3.